The monoisotopic (exact) mass is 326 g/mol. The summed E-state index contributed by atoms with van der Waals surface area (Å²) in [7, 11) is 1.87. The molecule has 0 saturated carbocycles. The fourth-order valence-corrected chi connectivity index (χ4v) is 3.75. The minimum absolute atomic E-state index is 0.173. The molecule has 0 saturated heterocycles. The van der Waals surface area contributed by atoms with Gasteiger partial charge in [-0.1, -0.05) is 12.1 Å². The predicted octanol–water partition coefficient (Wildman–Crippen LogP) is 3.36. The number of pyridine rings is 1. The highest BCUT2D eigenvalue weighted by Gasteiger charge is 2.13. The van der Waals surface area contributed by atoms with Crippen molar-refractivity contribution >= 4 is 17.7 Å². The fraction of sp³-hybridized carbons (Fsp3) is 0.368. The number of thioether (sulfide) groups is 1. The van der Waals surface area contributed by atoms with E-state index in [4.69, 9.17) is 0 Å². The minimum atomic E-state index is 0.173. The zero-order valence-corrected chi connectivity index (χ0v) is 14.3. The van der Waals surface area contributed by atoms with Crippen molar-refractivity contribution in [3.63, 3.8) is 0 Å². The van der Waals surface area contributed by atoms with Crippen LogP contribution in [0.15, 0.2) is 47.5 Å². The first-order chi connectivity index (χ1) is 11.2. The number of aryl methyl sites for hydroxylation is 2. The van der Waals surface area contributed by atoms with E-state index in [2.05, 4.69) is 23.2 Å². The first-order valence-corrected chi connectivity index (χ1v) is 9.09. The van der Waals surface area contributed by atoms with E-state index in [1.807, 2.05) is 25.2 Å². The first-order valence-electron chi connectivity index (χ1n) is 8.11. The maximum atomic E-state index is 12.3. The third kappa shape index (κ3) is 4.35. The molecule has 1 aromatic carbocycles. The van der Waals surface area contributed by atoms with Gasteiger partial charge in [0.25, 0.3) is 0 Å². The molecule has 1 aromatic heterocycles. The van der Waals surface area contributed by atoms with E-state index >= 15 is 0 Å². The average molecular weight is 326 g/mol. The van der Waals surface area contributed by atoms with Gasteiger partial charge in [-0.15, -0.1) is 11.8 Å². The molecule has 3 rings (SSSR count). The second-order valence-corrected chi connectivity index (χ2v) is 7.01. The van der Waals surface area contributed by atoms with Gasteiger partial charge >= 0.3 is 0 Å². The SMILES string of the molecule is CN(CCc1ccccn1)C(=O)CSc1ccc2c(c1)CCC2. The van der Waals surface area contributed by atoms with Crippen LogP contribution in [0.3, 0.4) is 0 Å². The van der Waals surface area contributed by atoms with Gasteiger partial charge in [0.1, 0.15) is 0 Å². The Morgan fingerprint density at radius 3 is 2.91 bits per heavy atom. The number of aromatic nitrogens is 1. The number of rotatable bonds is 6. The number of benzene rings is 1. The normalized spacial score (nSPS) is 12.9. The number of likely N-dealkylation sites (N-methyl/N-ethyl adjacent to an activating group) is 1. The molecule has 0 N–H and O–H groups in total. The molecule has 0 atom stereocenters. The molecule has 0 radical (unpaired) electrons. The second-order valence-electron chi connectivity index (χ2n) is 5.96. The summed E-state index contributed by atoms with van der Waals surface area (Å²) in [5.41, 5.74) is 3.97. The van der Waals surface area contributed by atoms with Gasteiger partial charge in [0.15, 0.2) is 0 Å². The van der Waals surface area contributed by atoms with Crippen LogP contribution in [0.25, 0.3) is 0 Å². The molecule has 0 bridgehead atoms. The molecule has 23 heavy (non-hydrogen) atoms. The Kier molecular flexibility index (Phi) is 5.34. The van der Waals surface area contributed by atoms with Crippen molar-refractivity contribution in [1.82, 2.24) is 9.88 Å². The zero-order valence-electron chi connectivity index (χ0n) is 13.5. The lowest BCUT2D eigenvalue weighted by Gasteiger charge is -2.16. The van der Waals surface area contributed by atoms with Gasteiger partial charge in [-0.2, -0.15) is 0 Å². The molecule has 1 amide bonds. The van der Waals surface area contributed by atoms with E-state index in [9.17, 15) is 4.79 Å². The van der Waals surface area contributed by atoms with Crippen LogP contribution in [0.2, 0.25) is 0 Å². The Balaban J connectivity index is 1.47. The van der Waals surface area contributed by atoms with Gasteiger partial charge < -0.3 is 4.90 Å². The Bertz CT molecular complexity index is 672. The molecule has 0 fully saturated rings. The lowest BCUT2D eigenvalue weighted by atomic mass is 10.1. The summed E-state index contributed by atoms with van der Waals surface area (Å²) in [5.74, 6) is 0.670. The lowest BCUT2D eigenvalue weighted by molar-refractivity contribution is -0.127. The largest absolute Gasteiger partial charge is 0.345 e. The molecule has 0 spiro atoms. The molecule has 120 valence electrons. The highest BCUT2D eigenvalue weighted by molar-refractivity contribution is 8.00. The topological polar surface area (TPSA) is 33.2 Å². The molecule has 0 unspecified atom stereocenters. The fourth-order valence-electron chi connectivity index (χ4n) is 2.85. The van der Waals surface area contributed by atoms with E-state index in [0.29, 0.717) is 12.3 Å². The Labute approximate surface area is 142 Å². The van der Waals surface area contributed by atoms with Crippen LogP contribution in [-0.4, -0.2) is 35.1 Å². The third-order valence-corrected chi connectivity index (χ3v) is 5.27. The number of carbonyl (C=O) groups is 1. The predicted molar refractivity (Wildman–Crippen MR) is 94.8 cm³/mol. The van der Waals surface area contributed by atoms with Crippen LogP contribution < -0.4 is 0 Å². The van der Waals surface area contributed by atoms with Gasteiger partial charge in [-0.05, 0) is 54.7 Å². The number of amides is 1. The van der Waals surface area contributed by atoms with Crippen LogP contribution in [0.5, 0.6) is 0 Å². The molecule has 0 aliphatic heterocycles. The summed E-state index contributed by atoms with van der Waals surface area (Å²) in [6, 6.07) is 12.5. The summed E-state index contributed by atoms with van der Waals surface area (Å²) in [6.07, 6.45) is 6.24. The van der Waals surface area contributed by atoms with Crippen molar-refractivity contribution in [2.24, 2.45) is 0 Å². The van der Waals surface area contributed by atoms with Gasteiger partial charge in [0.05, 0.1) is 5.75 Å². The summed E-state index contributed by atoms with van der Waals surface area (Å²) in [5, 5.41) is 0. The Morgan fingerprint density at radius 1 is 1.22 bits per heavy atom. The summed E-state index contributed by atoms with van der Waals surface area (Å²) < 4.78 is 0. The third-order valence-electron chi connectivity index (χ3n) is 4.29. The van der Waals surface area contributed by atoms with E-state index < -0.39 is 0 Å². The smallest absolute Gasteiger partial charge is 0.232 e. The van der Waals surface area contributed by atoms with E-state index in [0.717, 1.165) is 12.1 Å². The number of hydrogen-bond donors (Lipinski definition) is 0. The standard InChI is InChI=1S/C19H22N2OS/c1-21(12-10-17-7-2-3-11-20-17)19(22)14-23-18-9-8-15-5-4-6-16(15)13-18/h2-3,7-9,11,13H,4-6,10,12,14H2,1H3. The van der Waals surface area contributed by atoms with Gasteiger partial charge in [-0.3, -0.25) is 9.78 Å². The molecular weight excluding hydrogens is 304 g/mol. The van der Waals surface area contributed by atoms with Crippen LogP contribution in [-0.2, 0) is 24.1 Å². The molecule has 1 aliphatic rings. The summed E-state index contributed by atoms with van der Waals surface area (Å²) in [6.45, 7) is 0.709. The maximum Gasteiger partial charge on any atom is 0.232 e. The van der Waals surface area contributed by atoms with Crippen molar-refractivity contribution in [2.75, 3.05) is 19.3 Å². The lowest BCUT2D eigenvalue weighted by Crippen LogP contribution is -2.30. The van der Waals surface area contributed by atoms with E-state index in [-0.39, 0.29) is 5.91 Å². The van der Waals surface area contributed by atoms with Gasteiger partial charge in [0, 0.05) is 36.8 Å². The second kappa shape index (κ2) is 7.64. The van der Waals surface area contributed by atoms with Crippen molar-refractivity contribution < 1.29 is 4.79 Å². The number of fused-ring (bicyclic) bond motifs is 1. The van der Waals surface area contributed by atoms with Crippen LogP contribution >= 0.6 is 11.8 Å². The molecule has 3 nitrogen and oxygen atoms in total. The van der Waals surface area contributed by atoms with E-state index in [1.54, 1.807) is 22.9 Å². The highest BCUT2D eigenvalue weighted by atomic mass is 32.2. The minimum Gasteiger partial charge on any atom is -0.345 e. The highest BCUT2D eigenvalue weighted by Crippen LogP contribution is 2.27. The van der Waals surface area contributed by atoms with Gasteiger partial charge in [-0.25, -0.2) is 0 Å². The Hall–Kier alpha value is -1.81. The van der Waals surface area contributed by atoms with Crippen LogP contribution in [0, 0.1) is 0 Å². The number of hydrogen-bond acceptors (Lipinski definition) is 3. The quantitative estimate of drug-likeness (QED) is 0.763. The zero-order chi connectivity index (χ0) is 16.1. The number of nitrogens with zero attached hydrogens (tertiary/aromatic N) is 2. The van der Waals surface area contributed by atoms with Crippen LogP contribution in [0.1, 0.15) is 23.2 Å². The first kappa shape index (κ1) is 16.1. The van der Waals surface area contributed by atoms with Crippen molar-refractivity contribution in [3.8, 4) is 0 Å². The molecule has 2 aromatic rings. The van der Waals surface area contributed by atoms with E-state index in [1.165, 1.54) is 35.3 Å². The van der Waals surface area contributed by atoms with Crippen molar-refractivity contribution in [3.05, 3.63) is 59.4 Å². The molecular formula is C19H22N2OS. The number of carbonyl (C=O) groups excluding carboxylic acids is 1. The maximum absolute atomic E-state index is 12.3. The Morgan fingerprint density at radius 2 is 2.09 bits per heavy atom. The average Bonchev–Trinajstić information content (AvgIpc) is 3.06. The van der Waals surface area contributed by atoms with Crippen molar-refractivity contribution in [2.45, 2.75) is 30.6 Å². The van der Waals surface area contributed by atoms with Gasteiger partial charge in [0.2, 0.25) is 5.91 Å². The van der Waals surface area contributed by atoms with Crippen molar-refractivity contribution in [1.29, 1.82) is 0 Å². The molecule has 1 aliphatic carbocycles. The summed E-state index contributed by atoms with van der Waals surface area (Å²) in [4.78, 5) is 19.6. The summed E-state index contributed by atoms with van der Waals surface area (Å²) >= 11 is 1.64. The molecule has 1 heterocycles. The molecule has 4 heteroatoms. The van der Waals surface area contributed by atoms with Crippen LogP contribution in [0.4, 0.5) is 0 Å².